The van der Waals surface area contributed by atoms with Crippen molar-refractivity contribution >= 4 is 27.8 Å². The minimum absolute atomic E-state index is 0.412. The fourth-order valence-corrected chi connectivity index (χ4v) is 3.36. The lowest BCUT2D eigenvalue weighted by Crippen LogP contribution is -2.48. The number of carbonyl (C=O) groups is 1. The van der Waals surface area contributed by atoms with Gasteiger partial charge in [0.2, 0.25) is 10.0 Å². The topological polar surface area (TPSA) is 91.8 Å². The first kappa shape index (κ1) is 19.5. The SMILES string of the molecule is Cc1cc(NC(=O)OC(C)(C)C)nc(N2CCN(S(C)(=O)=O)CC2)c1. The second-order valence-corrected chi connectivity index (χ2v) is 9.15. The highest BCUT2D eigenvalue weighted by Gasteiger charge is 2.24. The highest BCUT2D eigenvalue weighted by molar-refractivity contribution is 7.88. The van der Waals surface area contributed by atoms with E-state index >= 15 is 0 Å². The molecule has 1 aromatic heterocycles. The predicted molar refractivity (Wildman–Crippen MR) is 97.5 cm³/mol. The largest absolute Gasteiger partial charge is 0.444 e. The number of nitrogens with one attached hydrogen (secondary N) is 1. The number of aryl methyl sites for hydroxylation is 1. The maximum Gasteiger partial charge on any atom is 0.413 e. The Kier molecular flexibility index (Phi) is 5.58. The second-order valence-electron chi connectivity index (χ2n) is 7.16. The van der Waals surface area contributed by atoms with Crippen LogP contribution in [0.15, 0.2) is 12.1 Å². The van der Waals surface area contributed by atoms with Gasteiger partial charge >= 0.3 is 6.09 Å². The molecule has 2 heterocycles. The third kappa shape index (κ3) is 5.86. The lowest BCUT2D eigenvalue weighted by molar-refractivity contribution is 0.0635. The zero-order chi connectivity index (χ0) is 18.8. The number of piperazine rings is 1. The van der Waals surface area contributed by atoms with Crippen molar-refractivity contribution in [1.29, 1.82) is 0 Å². The standard InChI is InChI=1S/C16H26N4O4S/c1-12-10-13(18-15(21)24-16(2,3)4)17-14(11-12)19-6-8-20(9-7-19)25(5,22)23/h10-11H,6-9H2,1-5H3,(H,17,18,21). The van der Waals surface area contributed by atoms with E-state index in [0.29, 0.717) is 37.8 Å². The van der Waals surface area contributed by atoms with Crippen LogP contribution in [-0.2, 0) is 14.8 Å². The summed E-state index contributed by atoms with van der Waals surface area (Å²) in [7, 11) is -3.17. The van der Waals surface area contributed by atoms with Crippen LogP contribution >= 0.6 is 0 Å². The first-order chi connectivity index (χ1) is 11.4. The molecule has 0 aromatic carbocycles. The number of anilines is 2. The fraction of sp³-hybridized carbons (Fsp3) is 0.625. The Morgan fingerprint density at radius 3 is 2.32 bits per heavy atom. The van der Waals surface area contributed by atoms with Gasteiger partial charge in [-0.25, -0.2) is 18.2 Å². The van der Waals surface area contributed by atoms with Crippen LogP contribution in [0, 0.1) is 6.92 Å². The molecule has 1 N–H and O–H groups in total. The molecule has 25 heavy (non-hydrogen) atoms. The number of nitrogens with zero attached hydrogens (tertiary/aromatic N) is 3. The molecular formula is C16H26N4O4S. The Morgan fingerprint density at radius 1 is 1.20 bits per heavy atom. The average molecular weight is 370 g/mol. The Balaban J connectivity index is 2.08. The first-order valence-corrected chi connectivity index (χ1v) is 9.98. The zero-order valence-corrected chi connectivity index (χ0v) is 16.2. The Labute approximate surface area is 149 Å². The summed E-state index contributed by atoms with van der Waals surface area (Å²) in [5, 5.41) is 2.65. The van der Waals surface area contributed by atoms with Crippen molar-refractivity contribution in [3.63, 3.8) is 0 Å². The highest BCUT2D eigenvalue weighted by atomic mass is 32.2. The van der Waals surface area contributed by atoms with Crippen LogP contribution in [0.5, 0.6) is 0 Å². The van der Waals surface area contributed by atoms with Gasteiger partial charge in [-0.2, -0.15) is 4.31 Å². The van der Waals surface area contributed by atoms with E-state index in [1.807, 2.05) is 17.9 Å². The van der Waals surface area contributed by atoms with Gasteiger partial charge in [0.15, 0.2) is 0 Å². The monoisotopic (exact) mass is 370 g/mol. The zero-order valence-electron chi connectivity index (χ0n) is 15.4. The second kappa shape index (κ2) is 7.17. The van der Waals surface area contributed by atoms with Gasteiger partial charge in [0.1, 0.15) is 17.2 Å². The van der Waals surface area contributed by atoms with Gasteiger partial charge in [-0.3, -0.25) is 5.32 Å². The summed E-state index contributed by atoms with van der Waals surface area (Å²) in [5.74, 6) is 1.12. The van der Waals surface area contributed by atoms with E-state index in [1.54, 1.807) is 26.8 Å². The van der Waals surface area contributed by atoms with Gasteiger partial charge in [0.05, 0.1) is 6.26 Å². The van der Waals surface area contributed by atoms with E-state index in [0.717, 1.165) is 5.56 Å². The van der Waals surface area contributed by atoms with Gasteiger partial charge < -0.3 is 9.64 Å². The molecule has 2 rings (SSSR count). The minimum Gasteiger partial charge on any atom is -0.444 e. The van der Waals surface area contributed by atoms with Crippen molar-refractivity contribution in [2.45, 2.75) is 33.3 Å². The normalized spacial score (nSPS) is 16.6. The molecule has 0 spiro atoms. The third-order valence-electron chi connectivity index (χ3n) is 3.62. The number of aromatic nitrogens is 1. The summed E-state index contributed by atoms with van der Waals surface area (Å²) in [6.45, 7) is 9.24. The molecule has 1 aliphatic rings. The van der Waals surface area contributed by atoms with Crippen LogP contribution in [0.25, 0.3) is 0 Å². The lowest BCUT2D eigenvalue weighted by atomic mass is 10.2. The number of rotatable bonds is 3. The number of hydrogen-bond acceptors (Lipinski definition) is 6. The molecule has 1 aliphatic heterocycles. The van der Waals surface area contributed by atoms with E-state index < -0.39 is 21.7 Å². The molecule has 1 saturated heterocycles. The molecule has 1 amide bonds. The maximum absolute atomic E-state index is 11.9. The van der Waals surface area contributed by atoms with Gasteiger partial charge in [0.25, 0.3) is 0 Å². The van der Waals surface area contributed by atoms with Crippen LogP contribution in [0.3, 0.4) is 0 Å². The Hall–Kier alpha value is -1.87. The molecular weight excluding hydrogens is 344 g/mol. The molecule has 0 bridgehead atoms. The molecule has 0 saturated carbocycles. The third-order valence-corrected chi connectivity index (χ3v) is 4.92. The Bertz CT molecular complexity index is 735. The molecule has 8 nitrogen and oxygen atoms in total. The maximum atomic E-state index is 11.9. The molecule has 0 atom stereocenters. The number of hydrogen-bond donors (Lipinski definition) is 1. The highest BCUT2D eigenvalue weighted by Crippen LogP contribution is 2.20. The van der Waals surface area contributed by atoms with Crippen molar-refractivity contribution in [2.75, 3.05) is 42.7 Å². The molecule has 140 valence electrons. The number of sulfonamides is 1. The van der Waals surface area contributed by atoms with Gasteiger partial charge in [-0.15, -0.1) is 0 Å². The van der Waals surface area contributed by atoms with E-state index in [-0.39, 0.29) is 0 Å². The number of amides is 1. The smallest absolute Gasteiger partial charge is 0.413 e. The van der Waals surface area contributed by atoms with Crippen molar-refractivity contribution in [3.05, 3.63) is 17.7 Å². The summed E-state index contributed by atoms with van der Waals surface area (Å²) >= 11 is 0. The predicted octanol–water partition coefficient (Wildman–Crippen LogP) is 1.82. The number of ether oxygens (including phenoxy) is 1. The molecule has 1 aromatic rings. The van der Waals surface area contributed by atoms with Gasteiger partial charge in [-0.1, -0.05) is 0 Å². The molecule has 1 fully saturated rings. The van der Waals surface area contributed by atoms with E-state index in [1.165, 1.54) is 10.6 Å². The van der Waals surface area contributed by atoms with Crippen molar-refractivity contribution in [2.24, 2.45) is 0 Å². The summed E-state index contributed by atoms with van der Waals surface area (Å²) < 4.78 is 29.9. The molecule has 0 unspecified atom stereocenters. The van der Waals surface area contributed by atoms with E-state index in [2.05, 4.69) is 10.3 Å². The number of carbonyl (C=O) groups excluding carboxylic acids is 1. The van der Waals surface area contributed by atoms with Crippen LogP contribution in [0.4, 0.5) is 16.4 Å². The summed E-state index contributed by atoms with van der Waals surface area (Å²) in [6.07, 6.45) is 0.662. The summed E-state index contributed by atoms with van der Waals surface area (Å²) in [6, 6.07) is 3.68. The van der Waals surface area contributed by atoms with E-state index in [9.17, 15) is 13.2 Å². The average Bonchev–Trinajstić information content (AvgIpc) is 2.43. The molecule has 0 aliphatic carbocycles. The Morgan fingerprint density at radius 2 is 1.80 bits per heavy atom. The lowest BCUT2D eigenvalue weighted by Gasteiger charge is -2.34. The summed E-state index contributed by atoms with van der Waals surface area (Å²) in [4.78, 5) is 18.4. The van der Waals surface area contributed by atoms with Crippen LogP contribution in [0.2, 0.25) is 0 Å². The van der Waals surface area contributed by atoms with Crippen LogP contribution in [-0.4, -0.2) is 61.8 Å². The summed E-state index contributed by atoms with van der Waals surface area (Å²) in [5.41, 5.74) is 0.361. The van der Waals surface area contributed by atoms with Gasteiger partial charge in [-0.05, 0) is 45.4 Å². The minimum atomic E-state index is -3.17. The van der Waals surface area contributed by atoms with Crippen molar-refractivity contribution in [3.8, 4) is 0 Å². The van der Waals surface area contributed by atoms with Crippen molar-refractivity contribution in [1.82, 2.24) is 9.29 Å². The van der Waals surface area contributed by atoms with Gasteiger partial charge in [0, 0.05) is 26.2 Å². The molecule has 0 radical (unpaired) electrons. The van der Waals surface area contributed by atoms with E-state index in [4.69, 9.17) is 4.74 Å². The van der Waals surface area contributed by atoms with Crippen molar-refractivity contribution < 1.29 is 17.9 Å². The van der Waals surface area contributed by atoms with Crippen LogP contribution < -0.4 is 10.2 Å². The molecule has 9 heteroatoms. The fourth-order valence-electron chi connectivity index (χ4n) is 2.53. The first-order valence-electron chi connectivity index (χ1n) is 8.13. The quantitative estimate of drug-likeness (QED) is 0.873. The van der Waals surface area contributed by atoms with Crippen LogP contribution in [0.1, 0.15) is 26.3 Å². The number of pyridine rings is 1.